The lowest BCUT2D eigenvalue weighted by Gasteiger charge is -2.40. The normalized spacial score (nSPS) is 29.3. The van der Waals surface area contributed by atoms with E-state index >= 15 is 8.78 Å². The maximum atomic E-state index is 17.2. The summed E-state index contributed by atoms with van der Waals surface area (Å²) in [5.74, 6) is -1.65. The summed E-state index contributed by atoms with van der Waals surface area (Å²) in [5.41, 5.74) is -0.0172. The number of aryl methyl sites for hydroxylation is 1. The molecule has 0 radical (unpaired) electrons. The van der Waals surface area contributed by atoms with Gasteiger partial charge in [-0.2, -0.15) is 9.97 Å². The highest BCUT2D eigenvalue weighted by Gasteiger charge is 2.53. The highest BCUT2D eigenvalue weighted by molar-refractivity contribution is 6.05. The number of aromatic hydroxyl groups is 1. The molecule has 252 valence electrons. The lowest BCUT2D eigenvalue weighted by molar-refractivity contribution is 0.107. The number of phenolic OH excluding ortho intramolecular Hbond substituents is 1. The molecule has 0 spiro atoms. The number of alkyl halides is 1. The molecule has 6 heterocycles. The number of aliphatic hydroxyl groups is 1. The van der Waals surface area contributed by atoms with Crippen molar-refractivity contribution in [3.63, 3.8) is 0 Å². The molecule has 2 bridgehead atoms. The molecule has 0 aliphatic carbocycles. The zero-order valence-electron chi connectivity index (χ0n) is 26.7. The van der Waals surface area contributed by atoms with E-state index in [9.17, 15) is 14.6 Å². The Bertz CT molecular complexity index is 1960. The highest BCUT2D eigenvalue weighted by Crippen LogP contribution is 2.49. The van der Waals surface area contributed by atoms with E-state index in [4.69, 9.17) is 14.5 Å². The summed E-state index contributed by atoms with van der Waals surface area (Å²) in [4.78, 5) is 13.5. The van der Waals surface area contributed by atoms with E-state index in [1.807, 2.05) is 30.0 Å². The van der Waals surface area contributed by atoms with Crippen LogP contribution in [0.15, 0.2) is 30.3 Å². The number of halogens is 3. The minimum atomic E-state index is -1.01. The van der Waals surface area contributed by atoms with Gasteiger partial charge in [-0.05, 0) is 65.6 Å². The molecule has 5 aliphatic rings. The number of hydrogen-bond donors (Lipinski definition) is 3. The fourth-order valence-electron chi connectivity index (χ4n) is 9.33. The molecule has 3 unspecified atom stereocenters. The van der Waals surface area contributed by atoms with Crippen molar-refractivity contribution in [2.75, 3.05) is 44.4 Å². The smallest absolute Gasteiger partial charge is 0.319 e. The van der Waals surface area contributed by atoms with Gasteiger partial charge < -0.3 is 29.9 Å². The Morgan fingerprint density at radius 2 is 1.96 bits per heavy atom. The molecular weight excluding hydrogens is 623 g/mol. The first-order chi connectivity index (χ1) is 23.3. The van der Waals surface area contributed by atoms with Crippen LogP contribution >= 0.6 is 0 Å². The summed E-state index contributed by atoms with van der Waals surface area (Å²) in [5, 5.41) is 25.7. The monoisotopic (exact) mass is 661 g/mol. The molecule has 4 fully saturated rings. The third-order valence-electron chi connectivity index (χ3n) is 11.4. The number of anilines is 1. The van der Waals surface area contributed by atoms with Crippen molar-refractivity contribution < 1.29 is 32.9 Å². The summed E-state index contributed by atoms with van der Waals surface area (Å²) in [6.07, 6.45) is 2.33. The largest absolute Gasteiger partial charge is 0.508 e. The van der Waals surface area contributed by atoms with Gasteiger partial charge in [-0.25, -0.2) is 13.2 Å². The summed E-state index contributed by atoms with van der Waals surface area (Å²) in [6.45, 7) is 3.63. The summed E-state index contributed by atoms with van der Waals surface area (Å²) in [6, 6.07) is 8.59. The first-order valence-electron chi connectivity index (χ1n) is 17.0. The number of ether oxygens (including phenoxy) is 2. The molecule has 3 N–H and O–H groups in total. The van der Waals surface area contributed by atoms with Crippen LogP contribution in [-0.4, -0.2) is 94.4 Å². The lowest BCUT2D eigenvalue weighted by atomic mass is 9.91. The number of fused-ring (bicyclic) bond motifs is 7. The van der Waals surface area contributed by atoms with Crippen LogP contribution in [0.2, 0.25) is 0 Å². The Balaban J connectivity index is 1.24. The summed E-state index contributed by atoms with van der Waals surface area (Å²) >= 11 is 0. The molecule has 9 nitrogen and oxygen atoms in total. The van der Waals surface area contributed by atoms with Crippen LogP contribution in [0.5, 0.6) is 17.5 Å². The van der Waals surface area contributed by atoms with Gasteiger partial charge in [0.05, 0.1) is 22.5 Å². The zero-order valence-corrected chi connectivity index (χ0v) is 26.7. The van der Waals surface area contributed by atoms with Gasteiger partial charge in [0.25, 0.3) is 0 Å². The topological polar surface area (TPSA) is 103 Å². The third-order valence-corrected chi connectivity index (χ3v) is 11.4. The van der Waals surface area contributed by atoms with Crippen molar-refractivity contribution in [1.82, 2.24) is 20.2 Å². The number of aliphatic hydroxyl groups excluding tert-OH is 1. The van der Waals surface area contributed by atoms with Gasteiger partial charge >= 0.3 is 6.01 Å². The van der Waals surface area contributed by atoms with Gasteiger partial charge in [-0.3, -0.25) is 4.90 Å². The van der Waals surface area contributed by atoms with Crippen molar-refractivity contribution in [2.24, 2.45) is 5.92 Å². The quantitative estimate of drug-likeness (QED) is 0.267. The Morgan fingerprint density at radius 3 is 2.79 bits per heavy atom. The van der Waals surface area contributed by atoms with Crippen molar-refractivity contribution in [2.45, 2.75) is 68.9 Å². The van der Waals surface area contributed by atoms with Crippen LogP contribution in [0.4, 0.5) is 19.0 Å². The number of hydrogen-bond acceptors (Lipinski definition) is 9. The van der Waals surface area contributed by atoms with Crippen molar-refractivity contribution in [3.05, 3.63) is 47.5 Å². The molecule has 0 saturated carbocycles. The molecular formula is C36H38F3N5O4. The number of benzene rings is 3. The highest BCUT2D eigenvalue weighted by atomic mass is 19.1. The van der Waals surface area contributed by atoms with Gasteiger partial charge in [-0.15, -0.1) is 0 Å². The second-order valence-electron chi connectivity index (χ2n) is 14.3. The number of phenols is 1. The predicted molar refractivity (Wildman–Crippen MR) is 175 cm³/mol. The first kappa shape index (κ1) is 30.2. The Hall–Kier alpha value is -3.87. The van der Waals surface area contributed by atoms with Gasteiger partial charge in [0, 0.05) is 44.7 Å². The average molecular weight is 662 g/mol. The van der Waals surface area contributed by atoms with E-state index in [-0.39, 0.29) is 96.4 Å². The second-order valence-corrected chi connectivity index (χ2v) is 14.3. The average Bonchev–Trinajstić information content (AvgIpc) is 3.68. The van der Waals surface area contributed by atoms with E-state index in [1.54, 1.807) is 6.07 Å². The van der Waals surface area contributed by atoms with Crippen molar-refractivity contribution in [3.8, 4) is 28.6 Å². The number of nitrogens with one attached hydrogen (secondary N) is 1. The van der Waals surface area contributed by atoms with E-state index < -0.39 is 23.3 Å². The van der Waals surface area contributed by atoms with E-state index in [0.29, 0.717) is 42.5 Å². The van der Waals surface area contributed by atoms with Crippen LogP contribution in [-0.2, 0) is 6.42 Å². The molecule has 9 rings (SSSR count). The molecule has 0 amide bonds. The molecule has 48 heavy (non-hydrogen) atoms. The number of nitrogens with zero attached hydrogens (tertiary/aromatic N) is 4. The van der Waals surface area contributed by atoms with Crippen LogP contribution in [0, 0.1) is 17.6 Å². The second kappa shape index (κ2) is 11.1. The molecule has 4 aromatic rings. The van der Waals surface area contributed by atoms with Gasteiger partial charge in [0.15, 0.2) is 17.4 Å². The Kier molecular flexibility index (Phi) is 6.97. The van der Waals surface area contributed by atoms with Crippen LogP contribution in [0.25, 0.3) is 32.8 Å². The number of aromatic nitrogens is 2. The molecule has 1 aromatic heterocycles. The number of piperazine rings is 1. The van der Waals surface area contributed by atoms with Gasteiger partial charge in [0.1, 0.15) is 36.5 Å². The van der Waals surface area contributed by atoms with E-state index in [0.717, 1.165) is 18.4 Å². The Labute approximate surface area is 275 Å². The maximum absolute atomic E-state index is 17.2. The molecule has 5 aliphatic heterocycles. The summed E-state index contributed by atoms with van der Waals surface area (Å²) in [7, 11) is 0. The van der Waals surface area contributed by atoms with Gasteiger partial charge in [0.2, 0.25) is 0 Å². The standard InChI is InChI=1S/C36H38F3N5O4/c1-2-19-4-3-5-20-8-23(46)9-24(27(19)20)28-30(38)32-29-33(31(28)39)47-16-26-25-7-6-22(40-25)14-44(26)34(29)42-35(41-32)48-17-36-10-18(15-45)12-43(36)13-21(37)11-36/h3-5,8-9,18,21-22,25-26,40,45-46H,2,6-7,10-17H2,1H3/t18-,21-,22?,25?,26?,36-/m1/s1. The molecule has 6 atom stereocenters. The molecule has 12 heteroatoms. The molecule has 4 saturated heterocycles. The van der Waals surface area contributed by atoms with Crippen LogP contribution < -0.4 is 19.7 Å². The SMILES string of the molecule is CCc1cccc2cc(O)cc(-c3c(F)c4c5c(nc(OC[C@@]67C[C@@H](F)CN6C[C@H](CO)C7)nc5c3F)N3CC5CCC(N5)C3CO4)c12. The zero-order chi connectivity index (χ0) is 32.9. The Morgan fingerprint density at radius 1 is 1.08 bits per heavy atom. The van der Waals surface area contributed by atoms with Crippen molar-refractivity contribution >= 4 is 27.5 Å². The third kappa shape index (κ3) is 4.48. The minimum Gasteiger partial charge on any atom is -0.508 e. The van der Waals surface area contributed by atoms with Crippen LogP contribution in [0.1, 0.15) is 38.2 Å². The maximum Gasteiger partial charge on any atom is 0.319 e. The fraction of sp³-hybridized carbons (Fsp3) is 0.500. The van der Waals surface area contributed by atoms with Gasteiger partial charge in [-0.1, -0.05) is 25.1 Å². The molecule has 3 aromatic carbocycles. The lowest BCUT2D eigenvalue weighted by Crippen LogP contribution is -2.60. The first-order valence-corrected chi connectivity index (χ1v) is 17.0. The van der Waals surface area contributed by atoms with Crippen molar-refractivity contribution in [1.29, 1.82) is 0 Å². The minimum absolute atomic E-state index is 0.00431. The van der Waals surface area contributed by atoms with E-state index in [1.165, 1.54) is 6.07 Å². The van der Waals surface area contributed by atoms with Crippen LogP contribution in [0.3, 0.4) is 0 Å². The summed E-state index contributed by atoms with van der Waals surface area (Å²) < 4.78 is 61.5. The fourth-order valence-corrected chi connectivity index (χ4v) is 9.33. The predicted octanol–water partition coefficient (Wildman–Crippen LogP) is 4.87. The van der Waals surface area contributed by atoms with E-state index in [2.05, 4.69) is 15.2 Å². The number of rotatable bonds is 6.